The summed E-state index contributed by atoms with van der Waals surface area (Å²) in [6, 6.07) is 4.21. The third kappa shape index (κ3) is 5.16. The van der Waals surface area contributed by atoms with E-state index in [2.05, 4.69) is 12.2 Å². The van der Waals surface area contributed by atoms with Gasteiger partial charge in [0.2, 0.25) is 0 Å². The van der Waals surface area contributed by atoms with Crippen LogP contribution in [-0.4, -0.2) is 6.54 Å². The maximum absolute atomic E-state index is 13.2. The quantitative estimate of drug-likeness (QED) is 0.648. The molecule has 96 valence electrons. The first kappa shape index (κ1) is 13.9. The lowest BCUT2D eigenvalue weighted by atomic mass is 10.1. The van der Waals surface area contributed by atoms with Crippen LogP contribution >= 0.6 is 0 Å². The van der Waals surface area contributed by atoms with Gasteiger partial charge in [0, 0.05) is 6.54 Å². The first-order chi connectivity index (χ1) is 8.25. The Morgan fingerprint density at radius 3 is 2.47 bits per heavy atom. The van der Waals surface area contributed by atoms with Crippen molar-refractivity contribution in [2.75, 3.05) is 11.9 Å². The average molecular weight is 241 g/mol. The Labute approximate surface area is 102 Å². The molecule has 1 nitrogen and oxygen atoms in total. The summed E-state index contributed by atoms with van der Waals surface area (Å²) >= 11 is 0. The van der Waals surface area contributed by atoms with Crippen molar-refractivity contribution in [3.8, 4) is 0 Å². The largest absolute Gasteiger partial charge is 0.383 e. The normalized spacial score (nSPS) is 10.5. The molecule has 0 unspecified atom stereocenters. The molecular weight excluding hydrogens is 220 g/mol. The van der Waals surface area contributed by atoms with E-state index >= 15 is 0 Å². The monoisotopic (exact) mass is 241 g/mol. The molecule has 0 radical (unpaired) electrons. The zero-order valence-corrected chi connectivity index (χ0v) is 10.4. The van der Waals surface area contributed by atoms with Gasteiger partial charge in [-0.25, -0.2) is 8.78 Å². The van der Waals surface area contributed by atoms with Crippen molar-refractivity contribution in [3.63, 3.8) is 0 Å². The molecule has 17 heavy (non-hydrogen) atoms. The number of hydrogen-bond acceptors (Lipinski definition) is 1. The minimum Gasteiger partial charge on any atom is -0.383 e. The van der Waals surface area contributed by atoms with Gasteiger partial charge in [-0.2, -0.15) is 0 Å². The van der Waals surface area contributed by atoms with Gasteiger partial charge in [0.25, 0.3) is 0 Å². The molecule has 0 fully saturated rings. The molecule has 0 saturated heterocycles. The summed E-state index contributed by atoms with van der Waals surface area (Å²) < 4.78 is 26.1. The highest BCUT2D eigenvalue weighted by molar-refractivity contribution is 5.44. The van der Waals surface area contributed by atoms with E-state index < -0.39 is 11.6 Å². The third-order valence-electron chi connectivity index (χ3n) is 2.80. The summed E-state index contributed by atoms with van der Waals surface area (Å²) in [6.45, 7) is 2.89. The Kier molecular flexibility index (Phi) is 6.60. The first-order valence-corrected chi connectivity index (χ1v) is 6.43. The van der Waals surface area contributed by atoms with Gasteiger partial charge in [-0.05, 0) is 18.6 Å². The predicted octanol–water partition coefficient (Wildman–Crippen LogP) is 4.74. The number of nitrogens with one attached hydrogen (secondary N) is 1. The fourth-order valence-corrected chi connectivity index (χ4v) is 1.77. The van der Waals surface area contributed by atoms with Crippen molar-refractivity contribution in [2.24, 2.45) is 0 Å². The Balaban J connectivity index is 2.16. The fourth-order valence-electron chi connectivity index (χ4n) is 1.77. The van der Waals surface area contributed by atoms with Crippen LogP contribution in [0.4, 0.5) is 14.5 Å². The van der Waals surface area contributed by atoms with Gasteiger partial charge in [-0.15, -0.1) is 0 Å². The number of hydrogen-bond donors (Lipinski definition) is 1. The molecule has 1 aromatic carbocycles. The van der Waals surface area contributed by atoms with Gasteiger partial charge in [0.15, 0.2) is 11.6 Å². The molecule has 0 spiro atoms. The minimum atomic E-state index is -0.794. The SMILES string of the molecule is CCCCCCCCNc1cccc(F)c1F. The lowest BCUT2D eigenvalue weighted by Gasteiger charge is -2.07. The van der Waals surface area contributed by atoms with Crippen LogP contribution < -0.4 is 5.32 Å². The van der Waals surface area contributed by atoms with Crippen molar-refractivity contribution in [1.82, 2.24) is 0 Å². The second-order valence-electron chi connectivity index (χ2n) is 4.30. The van der Waals surface area contributed by atoms with Gasteiger partial charge in [-0.1, -0.05) is 45.1 Å². The van der Waals surface area contributed by atoms with E-state index in [0.717, 1.165) is 18.9 Å². The number of halogens is 2. The Bertz CT molecular complexity index is 326. The number of rotatable bonds is 8. The van der Waals surface area contributed by atoms with Gasteiger partial charge in [-0.3, -0.25) is 0 Å². The average Bonchev–Trinajstić information content (AvgIpc) is 2.33. The molecule has 3 heteroatoms. The molecule has 0 atom stereocenters. The summed E-state index contributed by atoms with van der Waals surface area (Å²) in [5, 5.41) is 2.93. The fraction of sp³-hybridized carbons (Fsp3) is 0.571. The van der Waals surface area contributed by atoms with Gasteiger partial charge < -0.3 is 5.32 Å². The summed E-state index contributed by atoms with van der Waals surface area (Å²) in [5.74, 6) is -1.57. The molecule has 1 N–H and O–H groups in total. The second kappa shape index (κ2) is 8.04. The van der Waals surface area contributed by atoms with E-state index in [-0.39, 0.29) is 5.69 Å². The van der Waals surface area contributed by atoms with Crippen molar-refractivity contribution >= 4 is 5.69 Å². The van der Waals surface area contributed by atoms with Crippen LogP contribution in [0.15, 0.2) is 18.2 Å². The highest BCUT2D eigenvalue weighted by Gasteiger charge is 2.05. The molecule has 0 saturated carbocycles. The summed E-state index contributed by atoms with van der Waals surface area (Å²) in [6.07, 6.45) is 7.16. The van der Waals surface area contributed by atoms with E-state index in [9.17, 15) is 8.78 Å². The van der Waals surface area contributed by atoms with Crippen molar-refractivity contribution in [2.45, 2.75) is 45.4 Å². The van der Waals surface area contributed by atoms with E-state index in [0.29, 0.717) is 6.54 Å². The van der Waals surface area contributed by atoms with Crippen LogP contribution in [0.2, 0.25) is 0 Å². The smallest absolute Gasteiger partial charge is 0.181 e. The second-order valence-corrected chi connectivity index (χ2v) is 4.30. The van der Waals surface area contributed by atoms with Crippen molar-refractivity contribution in [3.05, 3.63) is 29.8 Å². The molecule has 0 aliphatic rings. The summed E-state index contributed by atoms with van der Waals surface area (Å²) in [7, 11) is 0. The maximum atomic E-state index is 13.2. The number of unbranched alkanes of at least 4 members (excludes halogenated alkanes) is 5. The highest BCUT2D eigenvalue weighted by atomic mass is 19.2. The molecule has 0 heterocycles. The van der Waals surface area contributed by atoms with Crippen LogP contribution in [0, 0.1) is 11.6 Å². The molecule has 1 aromatic rings. The topological polar surface area (TPSA) is 12.0 Å². The molecule has 0 amide bonds. The van der Waals surface area contributed by atoms with Gasteiger partial charge in [0.05, 0.1) is 5.69 Å². The van der Waals surface area contributed by atoms with Crippen LogP contribution in [0.3, 0.4) is 0 Å². The van der Waals surface area contributed by atoms with E-state index in [1.807, 2.05) is 0 Å². The van der Waals surface area contributed by atoms with Crippen LogP contribution in [0.5, 0.6) is 0 Å². The number of benzene rings is 1. The Hall–Kier alpha value is -1.12. The number of anilines is 1. The van der Waals surface area contributed by atoms with Gasteiger partial charge in [0.1, 0.15) is 0 Å². The Morgan fingerprint density at radius 1 is 1.00 bits per heavy atom. The zero-order valence-electron chi connectivity index (χ0n) is 10.4. The van der Waals surface area contributed by atoms with Crippen LogP contribution in [0.25, 0.3) is 0 Å². The van der Waals surface area contributed by atoms with E-state index in [1.54, 1.807) is 6.07 Å². The molecule has 0 aliphatic carbocycles. The minimum absolute atomic E-state index is 0.263. The van der Waals surface area contributed by atoms with Crippen LogP contribution in [-0.2, 0) is 0 Å². The van der Waals surface area contributed by atoms with Crippen molar-refractivity contribution in [1.29, 1.82) is 0 Å². The standard InChI is InChI=1S/C14H21F2N/c1-2-3-4-5-6-7-11-17-13-10-8-9-12(15)14(13)16/h8-10,17H,2-7,11H2,1H3. The zero-order chi connectivity index (χ0) is 12.5. The van der Waals surface area contributed by atoms with E-state index in [1.165, 1.54) is 31.7 Å². The lowest BCUT2D eigenvalue weighted by Crippen LogP contribution is -2.04. The molecule has 1 rings (SSSR count). The van der Waals surface area contributed by atoms with E-state index in [4.69, 9.17) is 0 Å². The first-order valence-electron chi connectivity index (χ1n) is 6.43. The maximum Gasteiger partial charge on any atom is 0.181 e. The lowest BCUT2D eigenvalue weighted by molar-refractivity contribution is 0.510. The highest BCUT2D eigenvalue weighted by Crippen LogP contribution is 2.16. The predicted molar refractivity (Wildman–Crippen MR) is 68.2 cm³/mol. The molecule has 0 aromatic heterocycles. The molecular formula is C14H21F2N. The van der Waals surface area contributed by atoms with Crippen molar-refractivity contribution < 1.29 is 8.78 Å². The Morgan fingerprint density at radius 2 is 1.71 bits per heavy atom. The third-order valence-corrected chi connectivity index (χ3v) is 2.80. The van der Waals surface area contributed by atoms with Crippen LogP contribution in [0.1, 0.15) is 45.4 Å². The molecule has 0 bridgehead atoms. The summed E-state index contributed by atoms with van der Waals surface area (Å²) in [5.41, 5.74) is 0.263. The van der Waals surface area contributed by atoms with Gasteiger partial charge >= 0.3 is 0 Å². The summed E-state index contributed by atoms with van der Waals surface area (Å²) in [4.78, 5) is 0. The molecule has 0 aliphatic heterocycles.